The molecule has 17 heavy (non-hydrogen) atoms. The lowest BCUT2D eigenvalue weighted by Crippen LogP contribution is -2.03. The molecule has 0 aliphatic heterocycles. The van der Waals surface area contributed by atoms with Crippen molar-refractivity contribution < 1.29 is 4.74 Å². The fourth-order valence-corrected chi connectivity index (χ4v) is 1.32. The molecule has 90 valence electrons. The van der Waals surface area contributed by atoms with E-state index >= 15 is 0 Å². The lowest BCUT2D eigenvalue weighted by atomic mass is 10.1. The Kier molecular flexibility index (Phi) is 5.28. The Morgan fingerprint density at radius 3 is 2.47 bits per heavy atom. The predicted octanol–water partition coefficient (Wildman–Crippen LogP) is 4.58. The van der Waals surface area contributed by atoms with Crippen molar-refractivity contribution in [3.63, 3.8) is 0 Å². The first-order valence-corrected chi connectivity index (χ1v) is 5.91. The summed E-state index contributed by atoms with van der Waals surface area (Å²) in [5.74, 6) is 0.677. The molecule has 1 unspecified atom stereocenters. The molecule has 0 aromatic heterocycles. The van der Waals surface area contributed by atoms with Crippen molar-refractivity contribution in [2.45, 2.75) is 26.4 Å². The molecule has 0 radical (unpaired) electrons. The zero-order valence-corrected chi connectivity index (χ0v) is 10.6. The Labute approximate surface area is 104 Å². The fraction of sp³-hybridized carbons (Fsp3) is 0.250. The van der Waals surface area contributed by atoms with E-state index in [4.69, 9.17) is 4.74 Å². The quantitative estimate of drug-likeness (QED) is 0.511. The number of rotatable bonds is 6. The molecule has 0 aliphatic rings. The van der Waals surface area contributed by atoms with Gasteiger partial charge < -0.3 is 4.74 Å². The van der Waals surface area contributed by atoms with Gasteiger partial charge in [0.25, 0.3) is 0 Å². The maximum Gasteiger partial charge on any atom is 0.112 e. The Bertz CT molecular complexity index is 401. The Balaban J connectivity index is 2.54. The highest BCUT2D eigenvalue weighted by Gasteiger charge is 1.99. The molecule has 0 spiro atoms. The molecule has 0 aliphatic carbocycles. The number of hydrogen-bond acceptors (Lipinski definition) is 1. The van der Waals surface area contributed by atoms with Crippen LogP contribution in [0.3, 0.4) is 0 Å². The Hall–Kier alpha value is -1.76. The van der Waals surface area contributed by atoms with Crippen LogP contribution in [0, 0.1) is 0 Å². The van der Waals surface area contributed by atoms with E-state index in [9.17, 15) is 0 Å². The first kappa shape index (κ1) is 13.3. The van der Waals surface area contributed by atoms with E-state index < -0.39 is 0 Å². The zero-order valence-electron chi connectivity index (χ0n) is 10.6. The van der Waals surface area contributed by atoms with Crippen LogP contribution in [0.4, 0.5) is 0 Å². The Morgan fingerprint density at radius 2 is 1.88 bits per heavy atom. The van der Waals surface area contributed by atoms with Crippen molar-refractivity contribution in [1.82, 2.24) is 0 Å². The SMILES string of the molecule is C=C(/C=C\C(=C)c1ccccc1)OC(C)CC. The summed E-state index contributed by atoms with van der Waals surface area (Å²) in [5.41, 5.74) is 2.07. The second-order valence-electron chi connectivity index (χ2n) is 4.03. The van der Waals surface area contributed by atoms with Crippen LogP contribution in [-0.4, -0.2) is 6.10 Å². The summed E-state index contributed by atoms with van der Waals surface area (Å²) >= 11 is 0. The molecular formula is C16H20O. The van der Waals surface area contributed by atoms with Gasteiger partial charge in [-0.25, -0.2) is 0 Å². The molecule has 1 aromatic rings. The second-order valence-corrected chi connectivity index (χ2v) is 4.03. The zero-order chi connectivity index (χ0) is 12.7. The van der Waals surface area contributed by atoms with Crippen LogP contribution in [0.1, 0.15) is 25.8 Å². The first-order chi connectivity index (χ1) is 8.13. The van der Waals surface area contributed by atoms with E-state index in [2.05, 4.69) is 20.1 Å². The number of hydrogen-bond donors (Lipinski definition) is 0. The van der Waals surface area contributed by atoms with E-state index in [1.807, 2.05) is 49.4 Å². The van der Waals surface area contributed by atoms with Crippen molar-refractivity contribution >= 4 is 5.57 Å². The molecule has 0 saturated heterocycles. The Morgan fingerprint density at radius 1 is 1.24 bits per heavy atom. The van der Waals surface area contributed by atoms with E-state index in [0.717, 1.165) is 17.6 Å². The number of allylic oxidation sites excluding steroid dienone is 3. The molecule has 1 nitrogen and oxygen atoms in total. The predicted molar refractivity (Wildman–Crippen MR) is 74.6 cm³/mol. The molecule has 0 fully saturated rings. The lowest BCUT2D eigenvalue weighted by Gasteiger charge is -2.12. The van der Waals surface area contributed by atoms with Gasteiger partial charge in [0.1, 0.15) is 5.76 Å². The van der Waals surface area contributed by atoms with E-state index in [-0.39, 0.29) is 6.10 Å². The van der Waals surface area contributed by atoms with Crippen molar-refractivity contribution in [2.75, 3.05) is 0 Å². The monoisotopic (exact) mass is 228 g/mol. The van der Waals surface area contributed by atoms with Crippen molar-refractivity contribution in [1.29, 1.82) is 0 Å². The second kappa shape index (κ2) is 6.74. The van der Waals surface area contributed by atoms with Crippen LogP contribution in [0.5, 0.6) is 0 Å². The molecule has 1 rings (SSSR count). The minimum absolute atomic E-state index is 0.206. The first-order valence-electron chi connectivity index (χ1n) is 5.91. The van der Waals surface area contributed by atoms with Crippen molar-refractivity contribution in [3.8, 4) is 0 Å². The maximum atomic E-state index is 5.56. The van der Waals surface area contributed by atoms with Crippen LogP contribution >= 0.6 is 0 Å². The van der Waals surface area contributed by atoms with Gasteiger partial charge in [-0.05, 0) is 30.6 Å². The van der Waals surface area contributed by atoms with Gasteiger partial charge in [0, 0.05) is 0 Å². The van der Waals surface area contributed by atoms with E-state index in [1.54, 1.807) is 0 Å². The topological polar surface area (TPSA) is 9.23 Å². The fourth-order valence-electron chi connectivity index (χ4n) is 1.32. The van der Waals surface area contributed by atoms with E-state index in [1.165, 1.54) is 0 Å². The average Bonchev–Trinajstić information content (AvgIpc) is 2.36. The van der Waals surface area contributed by atoms with Crippen LogP contribution < -0.4 is 0 Å². The molecule has 0 heterocycles. The van der Waals surface area contributed by atoms with Gasteiger partial charge >= 0.3 is 0 Å². The summed E-state index contributed by atoms with van der Waals surface area (Å²) in [6.07, 6.45) is 4.98. The van der Waals surface area contributed by atoms with Crippen molar-refractivity contribution in [3.05, 3.63) is 67.0 Å². The highest BCUT2D eigenvalue weighted by molar-refractivity contribution is 5.72. The lowest BCUT2D eigenvalue weighted by molar-refractivity contribution is 0.139. The third-order valence-electron chi connectivity index (χ3n) is 2.54. The van der Waals surface area contributed by atoms with E-state index in [0.29, 0.717) is 5.76 Å². The minimum atomic E-state index is 0.206. The molecule has 0 N–H and O–H groups in total. The summed E-state index contributed by atoms with van der Waals surface area (Å²) in [5, 5.41) is 0. The number of benzene rings is 1. The highest BCUT2D eigenvalue weighted by atomic mass is 16.5. The van der Waals surface area contributed by atoms with Gasteiger partial charge in [-0.15, -0.1) is 0 Å². The van der Waals surface area contributed by atoms with Gasteiger partial charge in [0.15, 0.2) is 0 Å². The molecule has 0 saturated carbocycles. The normalized spacial score (nSPS) is 12.4. The largest absolute Gasteiger partial charge is 0.491 e. The summed E-state index contributed by atoms with van der Waals surface area (Å²) in [6, 6.07) is 10.1. The number of ether oxygens (including phenoxy) is 1. The molecule has 1 heteroatoms. The van der Waals surface area contributed by atoms with Gasteiger partial charge in [0.2, 0.25) is 0 Å². The van der Waals surface area contributed by atoms with Crippen LogP contribution in [0.2, 0.25) is 0 Å². The summed E-state index contributed by atoms with van der Waals surface area (Å²) < 4.78 is 5.56. The van der Waals surface area contributed by atoms with Crippen molar-refractivity contribution in [2.24, 2.45) is 0 Å². The third kappa shape index (κ3) is 4.73. The summed E-state index contributed by atoms with van der Waals surface area (Å²) in [6.45, 7) is 12.0. The third-order valence-corrected chi connectivity index (χ3v) is 2.54. The van der Waals surface area contributed by atoms with Gasteiger partial charge in [-0.2, -0.15) is 0 Å². The molecular weight excluding hydrogens is 208 g/mol. The molecule has 1 aromatic carbocycles. The van der Waals surface area contributed by atoms with Gasteiger partial charge in [-0.3, -0.25) is 0 Å². The summed E-state index contributed by atoms with van der Waals surface area (Å²) in [7, 11) is 0. The molecule has 0 bridgehead atoms. The summed E-state index contributed by atoms with van der Waals surface area (Å²) in [4.78, 5) is 0. The minimum Gasteiger partial charge on any atom is -0.491 e. The molecule has 1 atom stereocenters. The maximum absolute atomic E-state index is 5.56. The highest BCUT2D eigenvalue weighted by Crippen LogP contribution is 2.14. The van der Waals surface area contributed by atoms with Crippen LogP contribution in [-0.2, 0) is 4.74 Å². The van der Waals surface area contributed by atoms with Gasteiger partial charge in [0.05, 0.1) is 6.10 Å². The average molecular weight is 228 g/mol. The smallest absolute Gasteiger partial charge is 0.112 e. The van der Waals surface area contributed by atoms with Gasteiger partial charge in [-0.1, -0.05) is 56.5 Å². The van der Waals surface area contributed by atoms with Crippen LogP contribution in [0.15, 0.2) is 61.4 Å². The van der Waals surface area contributed by atoms with Crippen LogP contribution in [0.25, 0.3) is 5.57 Å². The molecule has 0 amide bonds. The standard InChI is InChI=1S/C16H20O/c1-5-14(3)17-15(4)12-11-13(2)16-9-7-6-8-10-16/h6-12,14H,2,4-5H2,1,3H3/b12-11-.